The van der Waals surface area contributed by atoms with Crippen LogP contribution in [0.4, 0.5) is 23.0 Å². The Kier molecular flexibility index (Phi) is 12.6. The molecular formula is C28H32N6O10S5. The van der Waals surface area contributed by atoms with Gasteiger partial charge in [0.25, 0.3) is 30.4 Å². The standard InChI is InChI=1S/C28H32N6O10S5/c1-4-5-10-45-27-30-26(31-28(32-27)46-11-7-12-47(35,36)37)29-22-13-17(2)21(16-23(22)44-3)34-33-18-14-20-19(25(15-18)49(41,42)43)8-6-9-24(20)48(38,39)40/h6,8-9,13-16H,4-5,7,10-12H2,1-3H3,(H,35,36,37)(H,38,39,40)(H,41,42,43)(H,29,30,31,32). The summed E-state index contributed by atoms with van der Waals surface area (Å²) in [6, 6.07) is 9.04. The number of thioether (sulfide) groups is 2. The lowest BCUT2D eigenvalue weighted by Crippen LogP contribution is -2.06. The van der Waals surface area contributed by atoms with Crippen LogP contribution in [-0.2, 0) is 30.4 Å². The third-order valence-electron chi connectivity index (χ3n) is 6.60. The predicted octanol–water partition coefficient (Wildman–Crippen LogP) is 6.26. The first kappa shape index (κ1) is 38.4. The fourth-order valence-electron chi connectivity index (χ4n) is 4.32. The SMILES string of the molecule is CCCCSc1nc(Nc2cc(C)c(N=Nc3cc(S(=O)(=O)O)c4cccc(S(=O)(=O)O)c4c3)cc2OC)nc(SCCCS(=O)(=O)O)n1. The molecule has 0 amide bonds. The van der Waals surface area contributed by atoms with Crippen LogP contribution in [0.15, 0.2) is 72.8 Å². The lowest BCUT2D eigenvalue weighted by Gasteiger charge is -2.13. The van der Waals surface area contributed by atoms with Crippen LogP contribution in [0, 0.1) is 6.92 Å². The summed E-state index contributed by atoms with van der Waals surface area (Å²) >= 11 is 2.66. The van der Waals surface area contributed by atoms with Gasteiger partial charge in [-0.05, 0) is 49.6 Å². The number of hydrogen-bond donors (Lipinski definition) is 4. The van der Waals surface area contributed by atoms with Crippen LogP contribution in [0.2, 0.25) is 0 Å². The number of nitrogens with one attached hydrogen (secondary N) is 1. The molecule has 0 bridgehead atoms. The Balaban J connectivity index is 1.67. The fraction of sp³-hybridized carbons (Fsp3) is 0.321. The molecule has 21 heteroatoms. The van der Waals surface area contributed by atoms with Gasteiger partial charge in [0.1, 0.15) is 15.5 Å². The zero-order chi connectivity index (χ0) is 36.0. The van der Waals surface area contributed by atoms with Gasteiger partial charge in [-0.25, -0.2) is 0 Å². The van der Waals surface area contributed by atoms with Crippen LogP contribution < -0.4 is 10.1 Å². The maximum Gasteiger partial charge on any atom is 0.295 e. The number of aromatic nitrogens is 3. The maximum atomic E-state index is 12.2. The molecule has 3 aromatic carbocycles. The second-order valence-electron chi connectivity index (χ2n) is 10.3. The number of anilines is 2. The molecule has 0 radical (unpaired) electrons. The van der Waals surface area contributed by atoms with Crippen molar-refractivity contribution in [3.05, 3.63) is 48.0 Å². The summed E-state index contributed by atoms with van der Waals surface area (Å²) in [6.45, 7) is 3.78. The van der Waals surface area contributed by atoms with Crippen LogP contribution >= 0.6 is 23.5 Å². The minimum Gasteiger partial charge on any atom is -0.494 e. The molecule has 0 aliphatic heterocycles. The molecule has 0 aliphatic rings. The van der Waals surface area contributed by atoms with Gasteiger partial charge >= 0.3 is 0 Å². The Morgan fingerprint density at radius 2 is 1.47 bits per heavy atom. The molecule has 0 saturated heterocycles. The minimum atomic E-state index is -4.84. The number of benzene rings is 3. The van der Waals surface area contributed by atoms with Crippen molar-refractivity contribution in [3.8, 4) is 5.75 Å². The number of ether oxygens (including phenoxy) is 1. The van der Waals surface area contributed by atoms with Crippen LogP contribution in [0.1, 0.15) is 31.7 Å². The molecule has 264 valence electrons. The molecule has 0 unspecified atom stereocenters. The van der Waals surface area contributed by atoms with Crippen molar-refractivity contribution in [2.45, 2.75) is 53.2 Å². The Hall–Kier alpha value is -3.44. The molecule has 1 aromatic heterocycles. The number of azo groups is 1. The van der Waals surface area contributed by atoms with Crippen molar-refractivity contribution in [2.24, 2.45) is 10.2 Å². The highest BCUT2D eigenvalue weighted by atomic mass is 32.2. The normalized spacial score (nSPS) is 12.5. The summed E-state index contributed by atoms with van der Waals surface area (Å²) in [6.07, 6.45) is 2.11. The lowest BCUT2D eigenvalue weighted by molar-refractivity contribution is 0.417. The molecule has 4 N–H and O–H groups in total. The number of methoxy groups -OCH3 is 1. The molecule has 1 heterocycles. The van der Waals surface area contributed by atoms with Crippen LogP contribution in [-0.4, -0.2) is 78.2 Å². The summed E-state index contributed by atoms with van der Waals surface area (Å²) in [5.74, 6) is 1.22. The number of fused-ring (bicyclic) bond motifs is 1. The second kappa shape index (κ2) is 16.1. The summed E-state index contributed by atoms with van der Waals surface area (Å²) in [5.41, 5.74) is 1.19. The summed E-state index contributed by atoms with van der Waals surface area (Å²) in [5, 5.41) is 11.9. The van der Waals surface area contributed by atoms with E-state index in [4.69, 9.17) is 9.29 Å². The van der Waals surface area contributed by atoms with Gasteiger partial charge in [0.05, 0.1) is 29.9 Å². The molecule has 0 aliphatic carbocycles. The van der Waals surface area contributed by atoms with Crippen molar-refractivity contribution in [1.29, 1.82) is 0 Å². The van der Waals surface area contributed by atoms with Crippen molar-refractivity contribution < 1.29 is 43.6 Å². The van der Waals surface area contributed by atoms with E-state index in [2.05, 4.69) is 37.4 Å². The highest BCUT2D eigenvalue weighted by Crippen LogP contribution is 2.37. The van der Waals surface area contributed by atoms with E-state index in [9.17, 15) is 34.4 Å². The highest BCUT2D eigenvalue weighted by molar-refractivity contribution is 7.99. The van der Waals surface area contributed by atoms with Crippen molar-refractivity contribution >= 4 is 87.7 Å². The van der Waals surface area contributed by atoms with Crippen LogP contribution in [0.25, 0.3) is 10.8 Å². The first-order chi connectivity index (χ1) is 23.0. The molecule has 4 rings (SSSR count). The number of nitrogens with zero attached hydrogens (tertiary/aromatic N) is 5. The van der Waals surface area contributed by atoms with E-state index in [1.54, 1.807) is 19.1 Å². The predicted molar refractivity (Wildman–Crippen MR) is 186 cm³/mol. The van der Waals surface area contributed by atoms with Gasteiger partial charge < -0.3 is 10.1 Å². The quantitative estimate of drug-likeness (QED) is 0.0425. The average molecular weight is 773 g/mol. The van der Waals surface area contributed by atoms with Gasteiger partial charge in [-0.15, -0.1) is 0 Å². The van der Waals surface area contributed by atoms with E-state index in [1.807, 2.05) is 0 Å². The smallest absolute Gasteiger partial charge is 0.295 e. The number of unbranched alkanes of at least 4 members (excludes halogenated alkanes) is 1. The molecule has 0 atom stereocenters. The van der Waals surface area contributed by atoms with Gasteiger partial charge in [0.15, 0.2) is 10.3 Å². The highest BCUT2D eigenvalue weighted by Gasteiger charge is 2.21. The van der Waals surface area contributed by atoms with E-state index >= 15 is 0 Å². The van der Waals surface area contributed by atoms with Gasteiger partial charge in [0, 0.05) is 28.3 Å². The summed E-state index contributed by atoms with van der Waals surface area (Å²) in [4.78, 5) is 12.2. The third-order valence-corrected chi connectivity index (χ3v) is 11.1. The van der Waals surface area contributed by atoms with E-state index in [0.29, 0.717) is 38.8 Å². The van der Waals surface area contributed by atoms with Gasteiger partial charge in [-0.3, -0.25) is 13.7 Å². The van der Waals surface area contributed by atoms with Crippen molar-refractivity contribution in [2.75, 3.05) is 29.7 Å². The van der Waals surface area contributed by atoms with E-state index < -0.39 is 40.1 Å². The molecule has 49 heavy (non-hydrogen) atoms. The number of aryl methyl sites for hydroxylation is 1. The summed E-state index contributed by atoms with van der Waals surface area (Å²) in [7, 11) is -12.3. The van der Waals surface area contributed by atoms with Gasteiger partial charge in [-0.1, -0.05) is 49.0 Å². The zero-order valence-electron chi connectivity index (χ0n) is 26.3. The van der Waals surface area contributed by atoms with Crippen LogP contribution in [0.3, 0.4) is 0 Å². The molecule has 0 saturated carbocycles. The Morgan fingerprint density at radius 3 is 2.06 bits per heavy atom. The molecule has 16 nitrogen and oxygen atoms in total. The lowest BCUT2D eigenvalue weighted by atomic mass is 10.1. The van der Waals surface area contributed by atoms with E-state index in [-0.39, 0.29) is 34.6 Å². The minimum absolute atomic E-state index is 0.128. The average Bonchev–Trinajstić information content (AvgIpc) is 3.01. The largest absolute Gasteiger partial charge is 0.494 e. The van der Waals surface area contributed by atoms with Crippen molar-refractivity contribution in [1.82, 2.24) is 15.0 Å². The number of hydrogen-bond acceptors (Lipinski definition) is 15. The third kappa shape index (κ3) is 10.8. The van der Waals surface area contributed by atoms with E-state index in [1.165, 1.54) is 48.8 Å². The zero-order valence-corrected chi connectivity index (χ0v) is 30.3. The molecular weight excluding hydrogens is 741 g/mol. The van der Waals surface area contributed by atoms with Crippen molar-refractivity contribution in [3.63, 3.8) is 0 Å². The van der Waals surface area contributed by atoms with E-state index in [0.717, 1.165) is 30.7 Å². The molecule has 0 spiro atoms. The van der Waals surface area contributed by atoms with Gasteiger partial charge in [-0.2, -0.15) is 50.4 Å². The fourth-order valence-corrected chi connectivity index (χ4v) is 8.19. The second-order valence-corrected chi connectivity index (χ2v) is 16.8. The monoisotopic (exact) mass is 772 g/mol. The Labute approximate surface area is 291 Å². The topological polar surface area (TPSA) is 248 Å². The molecule has 4 aromatic rings. The number of rotatable bonds is 16. The molecule has 0 fully saturated rings. The maximum absolute atomic E-state index is 12.2. The first-order valence-corrected chi connectivity index (χ1v) is 20.8. The van der Waals surface area contributed by atoms with Crippen LogP contribution in [0.5, 0.6) is 5.75 Å². The van der Waals surface area contributed by atoms with Gasteiger partial charge in [0.2, 0.25) is 5.95 Å². The Bertz CT molecular complexity index is 2220. The summed E-state index contributed by atoms with van der Waals surface area (Å²) < 4.78 is 105. The Morgan fingerprint density at radius 1 is 0.816 bits per heavy atom. The first-order valence-electron chi connectivity index (χ1n) is 14.3.